The minimum atomic E-state index is -1.00. The maximum absolute atomic E-state index is 12.4. The lowest BCUT2D eigenvalue weighted by molar-refractivity contribution is -0.136. The van der Waals surface area contributed by atoms with Crippen LogP contribution in [0.15, 0.2) is 65.8 Å². The first kappa shape index (κ1) is 25.5. The molecule has 3 aromatic carbocycles. The van der Waals surface area contributed by atoms with E-state index in [0.717, 1.165) is 0 Å². The van der Waals surface area contributed by atoms with Gasteiger partial charge in [0, 0.05) is 0 Å². The minimum absolute atomic E-state index is 0.116. The van der Waals surface area contributed by atoms with E-state index in [0.29, 0.717) is 22.8 Å². The van der Waals surface area contributed by atoms with Crippen LogP contribution in [0.1, 0.15) is 15.9 Å². The number of rotatable bonds is 7. The van der Waals surface area contributed by atoms with E-state index in [9.17, 15) is 14.4 Å². The second-order valence-electron chi connectivity index (χ2n) is 6.78. The molecule has 0 heterocycles. The SMILES string of the molecule is COc1ccc(C(=O)Oc2ccc(/C=N/NC(=O)C(=O)Nc3cccc(Cl)c3Cl)cc2)cc1OC. The van der Waals surface area contributed by atoms with Crippen LogP contribution >= 0.6 is 23.2 Å². The van der Waals surface area contributed by atoms with Crippen molar-refractivity contribution in [1.82, 2.24) is 5.43 Å². The van der Waals surface area contributed by atoms with Crippen LogP contribution in [0.3, 0.4) is 0 Å². The Balaban J connectivity index is 1.54. The molecule has 0 bridgehead atoms. The molecule has 180 valence electrons. The largest absolute Gasteiger partial charge is 0.493 e. The van der Waals surface area contributed by atoms with Crippen LogP contribution in [-0.2, 0) is 9.59 Å². The van der Waals surface area contributed by atoms with Crippen LogP contribution < -0.4 is 25.0 Å². The topological polar surface area (TPSA) is 115 Å². The van der Waals surface area contributed by atoms with Crippen molar-refractivity contribution in [3.05, 3.63) is 81.8 Å². The van der Waals surface area contributed by atoms with Crippen LogP contribution in [0.2, 0.25) is 10.0 Å². The summed E-state index contributed by atoms with van der Waals surface area (Å²) in [7, 11) is 2.97. The molecule has 0 unspecified atom stereocenters. The Morgan fingerprint density at radius 1 is 0.886 bits per heavy atom. The van der Waals surface area contributed by atoms with E-state index in [1.165, 1.54) is 32.6 Å². The molecule has 0 aromatic heterocycles. The molecular formula is C24H19Cl2N3O6. The number of methoxy groups -OCH3 is 2. The lowest BCUT2D eigenvalue weighted by Gasteiger charge is -2.09. The predicted octanol–water partition coefficient (Wildman–Crippen LogP) is 4.32. The van der Waals surface area contributed by atoms with Crippen molar-refractivity contribution in [2.75, 3.05) is 19.5 Å². The van der Waals surface area contributed by atoms with Crippen LogP contribution in [0.4, 0.5) is 5.69 Å². The van der Waals surface area contributed by atoms with Crippen LogP contribution in [0.25, 0.3) is 0 Å². The van der Waals surface area contributed by atoms with Gasteiger partial charge in [-0.15, -0.1) is 0 Å². The Bertz CT molecular complexity index is 1280. The number of carbonyl (C=O) groups excluding carboxylic acids is 3. The van der Waals surface area contributed by atoms with E-state index in [1.54, 1.807) is 48.5 Å². The molecule has 0 aliphatic heterocycles. The van der Waals surface area contributed by atoms with Gasteiger partial charge in [0.2, 0.25) is 0 Å². The fraction of sp³-hybridized carbons (Fsp3) is 0.0833. The number of esters is 1. The number of benzene rings is 3. The first-order valence-corrected chi connectivity index (χ1v) is 10.7. The number of ether oxygens (including phenoxy) is 3. The van der Waals surface area contributed by atoms with Gasteiger partial charge in [0.1, 0.15) is 5.75 Å². The molecule has 2 amide bonds. The molecule has 0 saturated heterocycles. The average Bonchev–Trinajstić information content (AvgIpc) is 2.87. The van der Waals surface area contributed by atoms with Gasteiger partial charge in [0.05, 0.1) is 41.7 Å². The summed E-state index contributed by atoms with van der Waals surface area (Å²) < 4.78 is 15.7. The molecule has 3 aromatic rings. The Labute approximate surface area is 210 Å². The summed E-state index contributed by atoms with van der Waals surface area (Å²) >= 11 is 11.9. The van der Waals surface area contributed by atoms with E-state index in [1.807, 2.05) is 0 Å². The number of nitrogens with one attached hydrogen (secondary N) is 2. The Kier molecular flexibility index (Phi) is 8.66. The Hall–Kier alpha value is -4.08. The second-order valence-corrected chi connectivity index (χ2v) is 7.57. The number of amides is 2. The van der Waals surface area contributed by atoms with Crippen LogP contribution in [0, 0.1) is 0 Å². The van der Waals surface area contributed by atoms with Gasteiger partial charge >= 0.3 is 17.8 Å². The maximum atomic E-state index is 12.4. The number of hydrogen-bond acceptors (Lipinski definition) is 7. The number of nitrogens with zero attached hydrogens (tertiary/aromatic N) is 1. The van der Waals surface area contributed by atoms with Crippen LogP contribution in [0.5, 0.6) is 17.2 Å². The highest BCUT2D eigenvalue weighted by Gasteiger charge is 2.16. The van der Waals surface area contributed by atoms with Gasteiger partial charge in [0.15, 0.2) is 11.5 Å². The Morgan fingerprint density at radius 2 is 1.60 bits per heavy atom. The van der Waals surface area contributed by atoms with Gasteiger partial charge in [-0.05, 0) is 60.2 Å². The van der Waals surface area contributed by atoms with E-state index in [4.69, 9.17) is 37.4 Å². The standard InChI is InChI=1S/C24H19Cl2N3O6/c1-33-19-11-8-15(12-20(19)34-2)24(32)35-16-9-6-14(7-10-16)13-27-29-23(31)22(30)28-18-5-3-4-17(25)21(18)26/h3-13H,1-2H3,(H,28,30)(H,29,31)/b27-13+. The zero-order chi connectivity index (χ0) is 25.4. The van der Waals surface area contributed by atoms with Crippen molar-refractivity contribution >= 4 is 52.9 Å². The summed E-state index contributed by atoms with van der Waals surface area (Å²) in [5.41, 5.74) is 3.17. The van der Waals surface area contributed by atoms with Gasteiger partial charge in [0.25, 0.3) is 0 Å². The molecule has 0 saturated carbocycles. The summed E-state index contributed by atoms with van der Waals surface area (Å²) in [6, 6.07) is 15.6. The highest BCUT2D eigenvalue weighted by Crippen LogP contribution is 2.29. The van der Waals surface area contributed by atoms with Crippen molar-refractivity contribution in [2.45, 2.75) is 0 Å². The van der Waals surface area contributed by atoms with Crippen molar-refractivity contribution < 1.29 is 28.6 Å². The maximum Gasteiger partial charge on any atom is 0.343 e. The highest BCUT2D eigenvalue weighted by molar-refractivity contribution is 6.45. The fourth-order valence-corrected chi connectivity index (χ4v) is 3.09. The van der Waals surface area contributed by atoms with Gasteiger partial charge < -0.3 is 19.5 Å². The van der Waals surface area contributed by atoms with Crippen LogP contribution in [-0.4, -0.2) is 38.2 Å². The molecule has 0 atom stereocenters. The van der Waals surface area contributed by atoms with Crippen molar-refractivity contribution in [3.63, 3.8) is 0 Å². The molecule has 3 rings (SSSR count). The molecular weight excluding hydrogens is 497 g/mol. The lowest BCUT2D eigenvalue weighted by Crippen LogP contribution is -2.32. The molecule has 2 N–H and O–H groups in total. The van der Waals surface area contributed by atoms with Crippen molar-refractivity contribution in [3.8, 4) is 17.2 Å². The second kappa shape index (κ2) is 11.9. The molecule has 0 aliphatic rings. The van der Waals surface area contributed by atoms with E-state index in [-0.39, 0.29) is 21.3 Å². The third-order valence-corrected chi connectivity index (χ3v) is 5.31. The number of anilines is 1. The predicted molar refractivity (Wildman–Crippen MR) is 132 cm³/mol. The number of carbonyl (C=O) groups is 3. The normalized spacial score (nSPS) is 10.5. The fourth-order valence-electron chi connectivity index (χ4n) is 2.75. The number of halogens is 2. The molecule has 0 fully saturated rings. The van der Waals surface area contributed by atoms with Gasteiger partial charge in [-0.25, -0.2) is 10.2 Å². The summed E-state index contributed by atoms with van der Waals surface area (Å²) in [6.45, 7) is 0. The molecule has 0 aliphatic carbocycles. The number of hydrazone groups is 1. The summed E-state index contributed by atoms with van der Waals surface area (Å²) in [5.74, 6) is -1.36. The van der Waals surface area contributed by atoms with E-state index in [2.05, 4.69) is 15.8 Å². The third-order valence-electron chi connectivity index (χ3n) is 4.50. The molecule has 11 heteroatoms. The lowest BCUT2D eigenvalue weighted by atomic mass is 10.2. The first-order valence-electron chi connectivity index (χ1n) is 9.95. The summed E-state index contributed by atoms with van der Waals surface area (Å²) in [4.78, 5) is 36.3. The molecule has 9 nitrogen and oxygen atoms in total. The van der Waals surface area contributed by atoms with Gasteiger partial charge in [-0.2, -0.15) is 5.10 Å². The quantitative estimate of drug-likeness (QED) is 0.159. The Morgan fingerprint density at radius 3 is 2.29 bits per heavy atom. The average molecular weight is 516 g/mol. The molecule has 35 heavy (non-hydrogen) atoms. The summed E-state index contributed by atoms with van der Waals surface area (Å²) in [5, 5.41) is 6.44. The zero-order valence-corrected chi connectivity index (χ0v) is 20.0. The third kappa shape index (κ3) is 6.72. The summed E-state index contributed by atoms with van der Waals surface area (Å²) in [6.07, 6.45) is 1.32. The van der Waals surface area contributed by atoms with Crippen molar-refractivity contribution in [1.29, 1.82) is 0 Å². The van der Waals surface area contributed by atoms with Gasteiger partial charge in [-0.3, -0.25) is 9.59 Å². The monoisotopic (exact) mass is 515 g/mol. The van der Waals surface area contributed by atoms with E-state index >= 15 is 0 Å². The van der Waals surface area contributed by atoms with E-state index < -0.39 is 17.8 Å². The van der Waals surface area contributed by atoms with Gasteiger partial charge in [-0.1, -0.05) is 29.3 Å². The number of hydrogen-bond donors (Lipinski definition) is 2. The first-order chi connectivity index (χ1) is 16.8. The molecule has 0 spiro atoms. The zero-order valence-electron chi connectivity index (χ0n) is 18.5. The van der Waals surface area contributed by atoms with Crippen molar-refractivity contribution in [2.24, 2.45) is 5.10 Å². The minimum Gasteiger partial charge on any atom is -0.493 e. The molecule has 0 radical (unpaired) electrons. The smallest absolute Gasteiger partial charge is 0.343 e. The highest BCUT2D eigenvalue weighted by atomic mass is 35.5.